The highest BCUT2D eigenvalue weighted by Gasteiger charge is 2.28. The Balaban J connectivity index is 2.35. The molecule has 9 heteroatoms. The summed E-state index contributed by atoms with van der Waals surface area (Å²) >= 11 is 5.77. The van der Waals surface area contributed by atoms with Crippen molar-refractivity contribution in [2.24, 2.45) is 0 Å². The summed E-state index contributed by atoms with van der Waals surface area (Å²) < 4.78 is 27.4. The number of hydrogen-bond acceptors (Lipinski definition) is 5. The highest BCUT2D eigenvalue weighted by atomic mass is 35.5. The van der Waals surface area contributed by atoms with Crippen LogP contribution < -0.4 is 4.72 Å². The van der Waals surface area contributed by atoms with Gasteiger partial charge >= 0.3 is 0 Å². The Hall–Kier alpha value is -1.22. The Bertz CT molecular complexity index is 677. The maximum atomic E-state index is 12.4. The van der Waals surface area contributed by atoms with Gasteiger partial charge in [-0.3, -0.25) is 10.1 Å². The van der Waals surface area contributed by atoms with E-state index in [2.05, 4.69) is 4.72 Å². The van der Waals surface area contributed by atoms with Crippen molar-refractivity contribution >= 4 is 27.3 Å². The van der Waals surface area contributed by atoms with Crippen molar-refractivity contribution in [1.82, 2.24) is 9.62 Å². The molecule has 0 bridgehead atoms. The summed E-state index contributed by atoms with van der Waals surface area (Å²) in [7, 11) is -1.90. The fourth-order valence-corrected chi connectivity index (χ4v) is 4.18. The van der Waals surface area contributed by atoms with Crippen LogP contribution in [-0.4, -0.2) is 44.4 Å². The van der Waals surface area contributed by atoms with Gasteiger partial charge < -0.3 is 4.90 Å². The van der Waals surface area contributed by atoms with Crippen molar-refractivity contribution in [3.8, 4) is 0 Å². The molecule has 21 heavy (non-hydrogen) atoms. The molecule has 7 nitrogen and oxygen atoms in total. The van der Waals surface area contributed by atoms with E-state index < -0.39 is 20.6 Å². The number of halogens is 1. The van der Waals surface area contributed by atoms with Gasteiger partial charge in [0.05, 0.1) is 9.82 Å². The summed E-state index contributed by atoms with van der Waals surface area (Å²) in [5, 5.41) is 10.8. The Morgan fingerprint density at radius 3 is 2.67 bits per heavy atom. The number of nitro groups is 1. The number of likely N-dealkylation sites (N-methyl/N-ethyl adjacent to an activating group) is 1. The normalized spacial score (nSPS) is 19.9. The van der Waals surface area contributed by atoms with E-state index in [-0.39, 0.29) is 16.0 Å². The van der Waals surface area contributed by atoms with Gasteiger partial charge in [0.2, 0.25) is 10.0 Å². The van der Waals surface area contributed by atoms with Crippen molar-refractivity contribution in [3.05, 3.63) is 32.8 Å². The number of benzene rings is 1. The van der Waals surface area contributed by atoms with Crippen LogP contribution in [0.2, 0.25) is 5.02 Å². The van der Waals surface area contributed by atoms with Crippen LogP contribution in [0.15, 0.2) is 17.0 Å². The summed E-state index contributed by atoms with van der Waals surface area (Å²) in [5.74, 6) is 0. The summed E-state index contributed by atoms with van der Waals surface area (Å²) in [6, 6.07) is 2.13. The maximum Gasteiger partial charge on any atom is 0.289 e. The first kappa shape index (κ1) is 16.2. The highest BCUT2D eigenvalue weighted by Crippen LogP contribution is 2.30. The van der Waals surface area contributed by atoms with Crippen LogP contribution in [0.3, 0.4) is 0 Å². The lowest BCUT2D eigenvalue weighted by Gasteiger charge is -2.15. The highest BCUT2D eigenvalue weighted by molar-refractivity contribution is 7.89. The van der Waals surface area contributed by atoms with E-state index in [1.54, 1.807) is 6.92 Å². The molecule has 0 aliphatic carbocycles. The third kappa shape index (κ3) is 3.52. The summed E-state index contributed by atoms with van der Waals surface area (Å²) in [6.45, 7) is 2.99. The maximum absolute atomic E-state index is 12.4. The fourth-order valence-electron chi connectivity index (χ4n) is 2.39. The smallest absolute Gasteiger partial charge is 0.289 e. The Labute approximate surface area is 128 Å². The number of nitrogens with one attached hydrogen (secondary N) is 1. The molecule has 1 unspecified atom stereocenters. The minimum atomic E-state index is -3.81. The van der Waals surface area contributed by atoms with Crippen LogP contribution in [0.5, 0.6) is 0 Å². The molecule has 116 valence electrons. The minimum Gasteiger partial charge on any atom is -0.305 e. The predicted molar refractivity (Wildman–Crippen MR) is 79.1 cm³/mol. The van der Waals surface area contributed by atoms with Crippen LogP contribution in [-0.2, 0) is 10.0 Å². The van der Waals surface area contributed by atoms with E-state index in [0.29, 0.717) is 18.5 Å². The third-order valence-corrected chi connectivity index (χ3v) is 5.41. The van der Waals surface area contributed by atoms with Gasteiger partial charge in [-0.1, -0.05) is 11.6 Å². The Morgan fingerprint density at radius 2 is 2.14 bits per heavy atom. The molecule has 1 aliphatic rings. The van der Waals surface area contributed by atoms with Crippen molar-refractivity contribution in [1.29, 1.82) is 0 Å². The van der Waals surface area contributed by atoms with E-state index in [4.69, 9.17) is 11.6 Å². The monoisotopic (exact) mass is 333 g/mol. The number of rotatable bonds is 4. The molecule has 0 saturated carbocycles. The van der Waals surface area contributed by atoms with Gasteiger partial charge in [0.1, 0.15) is 5.02 Å². The zero-order chi connectivity index (χ0) is 15.8. The molecule has 2 rings (SSSR count). The Morgan fingerprint density at radius 1 is 1.48 bits per heavy atom. The van der Waals surface area contributed by atoms with Gasteiger partial charge in [-0.2, -0.15) is 0 Å². The molecule has 0 radical (unpaired) electrons. The summed E-state index contributed by atoms with van der Waals surface area (Å²) in [4.78, 5) is 12.1. The van der Waals surface area contributed by atoms with E-state index in [9.17, 15) is 18.5 Å². The first-order chi connectivity index (χ1) is 9.70. The lowest BCUT2D eigenvalue weighted by molar-refractivity contribution is -0.384. The molecule has 1 aromatic carbocycles. The summed E-state index contributed by atoms with van der Waals surface area (Å²) in [5.41, 5.74) is -0.0318. The Kier molecular flexibility index (Phi) is 4.52. The van der Waals surface area contributed by atoms with Crippen molar-refractivity contribution < 1.29 is 13.3 Å². The van der Waals surface area contributed by atoms with Gasteiger partial charge in [0, 0.05) is 18.7 Å². The van der Waals surface area contributed by atoms with Crippen LogP contribution in [0, 0.1) is 17.0 Å². The average Bonchev–Trinajstić information content (AvgIpc) is 2.72. The fraction of sp³-hybridized carbons (Fsp3) is 0.500. The number of likely N-dealkylation sites (tertiary alicyclic amines) is 1. The van der Waals surface area contributed by atoms with Gasteiger partial charge in [-0.25, -0.2) is 13.1 Å². The molecule has 0 aromatic heterocycles. The minimum absolute atomic E-state index is 0.0722. The lowest BCUT2D eigenvalue weighted by atomic mass is 10.2. The molecular formula is C12H16ClN3O4S. The van der Waals surface area contributed by atoms with Gasteiger partial charge in [0.15, 0.2) is 0 Å². The molecule has 1 atom stereocenters. The second kappa shape index (κ2) is 5.88. The lowest BCUT2D eigenvalue weighted by Crippen LogP contribution is -2.36. The second-order valence-electron chi connectivity index (χ2n) is 5.20. The first-order valence-electron chi connectivity index (χ1n) is 6.36. The zero-order valence-electron chi connectivity index (χ0n) is 11.7. The van der Waals surface area contributed by atoms with E-state index >= 15 is 0 Å². The first-order valence-corrected chi connectivity index (χ1v) is 8.22. The van der Waals surface area contributed by atoms with Crippen molar-refractivity contribution in [3.63, 3.8) is 0 Å². The molecule has 0 spiro atoms. The number of aryl methyl sites for hydroxylation is 1. The second-order valence-corrected chi connectivity index (χ2v) is 7.28. The molecule has 1 heterocycles. The number of sulfonamides is 1. The molecule has 1 saturated heterocycles. The number of nitrogens with zero attached hydrogens (tertiary/aromatic N) is 2. The van der Waals surface area contributed by atoms with Crippen LogP contribution in [0.4, 0.5) is 5.69 Å². The largest absolute Gasteiger partial charge is 0.305 e. The molecule has 1 aromatic rings. The van der Waals surface area contributed by atoms with Crippen LogP contribution >= 0.6 is 11.6 Å². The molecule has 1 aliphatic heterocycles. The SMILES string of the molecule is Cc1cc(Cl)c([N+](=O)[O-])cc1S(=O)(=O)NC1CCN(C)C1. The van der Waals surface area contributed by atoms with Crippen molar-refractivity contribution in [2.45, 2.75) is 24.3 Å². The number of hydrogen-bond donors (Lipinski definition) is 1. The van der Waals surface area contributed by atoms with E-state index in [0.717, 1.165) is 12.6 Å². The summed E-state index contributed by atoms with van der Waals surface area (Å²) in [6.07, 6.45) is 0.713. The topological polar surface area (TPSA) is 92.5 Å². The van der Waals surface area contributed by atoms with Gasteiger partial charge in [-0.05, 0) is 38.6 Å². The number of nitro benzene ring substituents is 1. The molecule has 1 N–H and O–H groups in total. The van der Waals surface area contributed by atoms with E-state index in [1.165, 1.54) is 6.07 Å². The zero-order valence-corrected chi connectivity index (χ0v) is 13.2. The van der Waals surface area contributed by atoms with Crippen LogP contribution in [0.1, 0.15) is 12.0 Å². The molecular weight excluding hydrogens is 318 g/mol. The average molecular weight is 334 g/mol. The van der Waals surface area contributed by atoms with Gasteiger partial charge in [-0.15, -0.1) is 0 Å². The molecule has 1 fully saturated rings. The molecule has 0 amide bonds. The third-order valence-electron chi connectivity index (χ3n) is 3.44. The quantitative estimate of drug-likeness (QED) is 0.666. The van der Waals surface area contributed by atoms with Gasteiger partial charge in [0.25, 0.3) is 5.69 Å². The standard InChI is InChI=1S/C12H16ClN3O4S/c1-8-5-10(13)11(16(17)18)6-12(8)21(19,20)14-9-3-4-15(2)7-9/h5-6,9,14H,3-4,7H2,1-2H3. The van der Waals surface area contributed by atoms with Crippen LogP contribution in [0.25, 0.3) is 0 Å². The van der Waals surface area contributed by atoms with E-state index in [1.807, 2.05) is 11.9 Å². The van der Waals surface area contributed by atoms with Crippen molar-refractivity contribution in [2.75, 3.05) is 20.1 Å². The predicted octanol–water partition coefficient (Wildman–Crippen LogP) is 1.54.